The zero-order valence-electron chi connectivity index (χ0n) is 28.3. The van der Waals surface area contributed by atoms with E-state index in [0.717, 1.165) is 65.9 Å². The number of fused-ring (bicyclic) bond motifs is 2. The van der Waals surface area contributed by atoms with Crippen LogP contribution in [-0.4, -0.2) is 38.7 Å². The Hall–Kier alpha value is -4.39. The van der Waals surface area contributed by atoms with Crippen molar-refractivity contribution in [2.45, 2.75) is 98.1 Å². The molecule has 0 spiro atoms. The molecule has 7 nitrogen and oxygen atoms in total. The molecule has 2 atom stereocenters. The number of carbonyl (C=O) groups excluding carboxylic acids is 2. The van der Waals surface area contributed by atoms with E-state index in [-0.39, 0.29) is 17.4 Å². The summed E-state index contributed by atoms with van der Waals surface area (Å²) in [6, 6.07) is 22.8. The molecule has 1 aromatic heterocycles. The summed E-state index contributed by atoms with van der Waals surface area (Å²) in [5.41, 5.74) is 9.05. The van der Waals surface area contributed by atoms with Gasteiger partial charge in [0.15, 0.2) is 0 Å². The van der Waals surface area contributed by atoms with Crippen LogP contribution in [0, 0.1) is 33.6 Å². The smallest absolute Gasteiger partial charge is 0.324 e. The molecule has 2 N–H and O–H groups in total. The monoisotopic (exact) mass is 617 g/mol. The van der Waals surface area contributed by atoms with E-state index in [1.807, 2.05) is 42.5 Å². The molecule has 0 radical (unpaired) electrons. The normalized spacial score (nSPS) is 19.3. The molecule has 3 aromatic carbocycles. The van der Waals surface area contributed by atoms with Gasteiger partial charge < -0.3 is 10.2 Å². The van der Waals surface area contributed by atoms with Crippen molar-refractivity contribution in [3.8, 4) is 5.69 Å². The van der Waals surface area contributed by atoms with Gasteiger partial charge in [0, 0.05) is 34.8 Å². The Morgan fingerprint density at radius 2 is 1.41 bits per heavy atom. The summed E-state index contributed by atoms with van der Waals surface area (Å²) in [5, 5.41) is 10.8. The minimum absolute atomic E-state index is 0.163. The lowest BCUT2D eigenvalue weighted by Crippen LogP contribution is -2.47. The van der Waals surface area contributed by atoms with Crippen LogP contribution in [0.1, 0.15) is 90.3 Å². The van der Waals surface area contributed by atoms with Gasteiger partial charge in [-0.15, -0.1) is 0 Å². The molecule has 2 unspecified atom stereocenters. The Bertz CT molecular complexity index is 1710. The van der Waals surface area contributed by atoms with Crippen molar-refractivity contribution in [2.75, 3.05) is 10.6 Å². The summed E-state index contributed by atoms with van der Waals surface area (Å²) in [6.45, 7) is 14.6. The summed E-state index contributed by atoms with van der Waals surface area (Å²) in [4.78, 5) is 29.1. The number of piperidine rings is 1. The van der Waals surface area contributed by atoms with Gasteiger partial charge in [-0.05, 0) is 107 Å². The maximum Gasteiger partial charge on any atom is 0.324 e. The number of rotatable bonds is 6. The molecule has 6 rings (SSSR count). The second-order valence-corrected chi connectivity index (χ2v) is 14.6. The van der Waals surface area contributed by atoms with Crippen LogP contribution in [0.25, 0.3) is 5.69 Å². The number of hydrogen-bond donors (Lipinski definition) is 2. The molecule has 240 valence electrons. The summed E-state index contributed by atoms with van der Waals surface area (Å²) in [5.74, 6) is 1.38. The Balaban J connectivity index is 1.08. The number of nitrogens with one attached hydrogen (secondary N) is 2. The molecule has 2 aliphatic heterocycles. The van der Waals surface area contributed by atoms with Gasteiger partial charge in [-0.25, -0.2) is 9.48 Å². The van der Waals surface area contributed by atoms with Gasteiger partial charge in [-0.3, -0.25) is 10.1 Å². The number of hydrogen-bond acceptors (Lipinski definition) is 3. The third-order valence-corrected chi connectivity index (χ3v) is 9.69. The van der Waals surface area contributed by atoms with E-state index >= 15 is 0 Å². The van der Waals surface area contributed by atoms with Gasteiger partial charge in [-0.2, -0.15) is 5.10 Å². The zero-order valence-corrected chi connectivity index (χ0v) is 28.3. The van der Waals surface area contributed by atoms with Crippen LogP contribution in [0.5, 0.6) is 0 Å². The predicted molar refractivity (Wildman–Crippen MR) is 186 cm³/mol. The largest absolute Gasteiger partial charge is 0.333 e. The second-order valence-electron chi connectivity index (χ2n) is 14.6. The maximum absolute atomic E-state index is 13.7. The molecule has 4 aromatic rings. The van der Waals surface area contributed by atoms with E-state index in [4.69, 9.17) is 5.10 Å². The van der Waals surface area contributed by atoms with Crippen LogP contribution in [-0.2, 0) is 11.8 Å². The van der Waals surface area contributed by atoms with Gasteiger partial charge in [-0.1, -0.05) is 68.3 Å². The average Bonchev–Trinajstić information content (AvgIpc) is 3.52. The fourth-order valence-corrected chi connectivity index (χ4v) is 7.49. The van der Waals surface area contributed by atoms with Crippen molar-refractivity contribution >= 4 is 23.4 Å². The van der Waals surface area contributed by atoms with E-state index in [0.29, 0.717) is 23.8 Å². The van der Waals surface area contributed by atoms with E-state index in [9.17, 15) is 9.59 Å². The Kier molecular flexibility index (Phi) is 8.53. The number of urea groups is 1. The molecule has 0 saturated carbocycles. The quantitative estimate of drug-likeness (QED) is 0.227. The summed E-state index contributed by atoms with van der Waals surface area (Å²) in [6.07, 6.45) is 5.25. The van der Waals surface area contributed by atoms with E-state index in [1.165, 1.54) is 16.7 Å². The first-order valence-corrected chi connectivity index (χ1v) is 16.6. The number of anilines is 2. The van der Waals surface area contributed by atoms with Crippen molar-refractivity contribution < 1.29 is 9.59 Å². The van der Waals surface area contributed by atoms with Crippen LogP contribution in [0.3, 0.4) is 0 Å². The number of aryl methyl sites for hydroxylation is 4. The lowest BCUT2D eigenvalue weighted by molar-refractivity contribution is 0.0523. The van der Waals surface area contributed by atoms with E-state index < -0.39 is 0 Å². The molecule has 2 saturated heterocycles. The van der Waals surface area contributed by atoms with Crippen molar-refractivity contribution in [3.05, 3.63) is 106 Å². The second kappa shape index (κ2) is 12.4. The number of amides is 3. The fourth-order valence-electron chi connectivity index (χ4n) is 7.49. The van der Waals surface area contributed by atoms with Crippen molar-refractivity contribution in [2.24, 2.45) is 5.92 Å². The van der Waals surface area contributed by atoms with E-state index in [2.05, 4.69) is 88.3 Å². The average molecular weight is 618 g/mol. The molecular weight excluding hydrogens is 570 g/mol. The number of benzene rings is 3. The van der Waals surface area contributed by atoms with Crippen LogP contribution in [0.15, 0.2) is 66.7 Å². The number of nitrogens with zero attached hydrogens (tertiary/aromatic N) is 3. The first kappa shape index (κ1) is 31.6. The lowest BCUT2D eigenvalue weighted by Gasteiger charge is -2.39. The Morgan fingerprint density at radius 3 is 2.00 bits per heavy atom. The minimum atomic E-state index is -0.311. The lowest BCUT2D eigenvalue weighted by atomic mass is 9.85. The molecule has 7 heteroatoms. The number of aromatic nitrogens is 2. The fraction of sp³-hybridized carbons (Fsp3) is 0.410. The van der Waals surface area contributed by atoms with E-state index in [1.54, 1.807) is 4.68 Å². The summed E-state index contributed by atoms with van der Waals surface area (Å²) < 4.78 is 1.79. The highest BCUT2D eigenvalue weighted by Crippen LogP contribution is 2.41. The number of carbonyl (C=O) groups is 2. The Labute approximate surface area is 273 Å². The molecular formula is C39H47N5O2. The van der Waals surface area contributed by atoms with Gasteiger partial charge in [0.2, 0.25) is 0 Å². The highest BCUT2D eigenvalue weighted by Gasteiger charge is 2.43. The van der Waals surface area contributed by atoms with Crippen LogP contribution < -0.4 is 10.6 Å². The third-order valence-electron chi connectivity index (χ3n) is 9.69. The third kappa shape index (κ3) is 6.60. The SMILES string of the molecule is Cc1ccc(-n2nc(C(C)(C)C)cc2NC(=O)Nc2ccc(CC3CC4CCC(C3)N4C(=O)c3c(C)cc(C)cc3C)cc2)cc1. The van der Waals surface area contributed by atoms with Gasteiger partial charge in [0.25, 0.3) is 5.91 Å². The van der Waals surface area contributed by atoms with Gasteiger partial charge >= 0.3 is 6.03 Å². The standard InChI is InChI=1S/C39H47N5O2/c1-24-8-14-31(15-9-24)44-35(23-34(42-44)39(5,6)7)41-38(46)40-30-12-10-28(11-13-30)20-29-21-32-16-17-33(22-29)43(32)37(45)36-26(3)18-25(2)19-27(36)4/h8-15,18-19,23,29,32-33H,16-17,20-22H2,1-7H3,(H2,40,41,46). The summed E-state index contributed by atoms with van der Waals surface area (Å²) >= 11 is 0. The minimum Gasteiger partial charge on any atom is -0.333 e. The summed E-state index contributed by atoms with van der Waals surface area (Å²) in [7, 11) is 0. The molecule has 2 aliphatic rings. The zero-order chi connectivity index (χ0) is 32.7. The highest BCUT2D eigenvalue weighted by molar-refractivity contribution is 5.99. The Morgan fingerprint density at radius 1 is 0.804 bits per heavy atom. The van der Waals surface area contributed by atoms with Crippen molar-refractivity contribution in [3.63, 3.8) is 0 Å². The highest BCUT2D eigenvalue weighted by atomic mass is 16.2. The van der Waals surface area contributed by atoms with Crippen LogP contribution in [0.2, 0.25) is 0 Å². The topological polar surface area (TPSA) is 79.3 Å². The van der Waals surface area contributed by atoms with Crippen LogP contribution in [0.4, 0.5) is 16.3 Å². The van der Waals surface area contributed by atoms with Crippen LogP contribution >= 0.6 is 0 Å². The maximum atomic E-state index is 13.7. The van der Waals surface area contributed by atoms with Crippen molar-refractivity contribution in [1.29, 1.82) is 0 Å². The van der Waals surface area contributed by atoms with Crippen molar-refractivity contribution in [1.82, 2.24) is 14.7 Å². The molecule has 2 fully saturated rings. The molecule has 3 amide bonds. The molecule has 0 aliphatic carbocycles. The predicted octanol–water partition coefficient (Wildman–Crippen LogP) is 8.67. The first-order valence-electron chi connectivity index (χ1n) is 16.6. The molecule has 2 bridgehead atoms. The molecule has 46 heavy (non-hydrogen) atoms. The van der Waals surface area contributed by atoms with Gasteiger partial charge in [0.1, 0.15) is 5.82 Å². The van der Waals surface area contributed by atoms with Gasteiger partial charge in [0.05, 0.1) is 11.4 Å². The first-order chi connectivity index (χ1) is 21.9. The molecule has 3 heterocycles.